The molecule has 1 fully saturated rings. The van der Waals surface area contributed by atoms with Gasteiger partial charge in [0.2, 0.25) is 5.91 Å². The zero-order chi connectivity index (χ0) is 11.3. The summed E-state index contributed by atoms with van der Waals surface area (Å²) in [5.74, 6) is 0.556. The van der Waals surface area contributed by atoms with Gasteiger partial charge in [-0.2, -0.15) is 0 Å². The van der Waals surface area contributed by atoms with Crippen molar-refractivity contribution in [1.29, 1.82) is 0 Å². The van der Waals surface area contributed by atoms with Gasteiger partial charge in [-0.3, -0.25) is 4.79 Å². The van der Waals surface area contributed by atoms with E-state index in [1.54, 1.807) is 11.8 Å². The Morgan fingerprint density at radius 1 is 1.47 bits per heavy atom. The molecule has 0 aromatic carbocycles. The maximum Gasteiger partial charge on any atom is 0.230 e. The third kappa shape index (κ3) is 4.89. The number of rotatable bonds is 4. The molecule has 0 heterocycles. The molecule has 3 nitrogen and oxygen atoms in total. The second kappa shape index (κ2) is 6.38. The largest absolute Gasteiger partial charge is 0.391 e. The molecule has 1 aliphatic rings. The number of nitrogens with one attached hydrogen (secondary N) is 1. The molecule has 0 aromatic rings. The Morgan fingerprint density at radius 3 is 2.73 bits per heavy atom. The normalized spacial score (nSPS) is 26.7. The average molecular weight is 231 g/mol. The Hall–Kier alpha value is -0.220. The van der Waals surface area contributed by atoms with Gasteiger partial charge in [0.25, 0.3) is 0 Å². The number of aliphatic hydroxyl groups excluding tert-OH is 1. The molecule has 0 aliphatic heterocycles. The monoisotopic (exact) mass is 231 g/mol. The van der Waals surface area contributed by atoms with Crippen LogP contribution in [-0.4, -0.2) is 34.2 Å². The summed E-state index contributed by atoms with van der Waals surface area (Å²) in [5, 5.41) is 13.1. The van der Waals surface area contributed by atoms with E-state index >= 15 is 0 Å². The highest BCUT2D eigenvalue weighted by molar-refractivity contribution is 8.00. The first-order valence-corrected chi connectivity index (χ1v) is 6.73. The fourth-order valence-electron chi connectivity index (χ4n) is 1.77. The van der Waals surface area contributed by atoms with Crippen molar-refractivity contribution in [2.45, 2.75) is 56.9 Å². The van der Waals surface area contributed by atoms with E-state index < -0.39 is 0 Å². The van der Waals surface area contributed by atoms with E-state index in [0.717, 1.165) is 25.7 Å². The fraction of sp³-hybridized carbons (Fsp3) is 0.909. The van der Waals surface area contributed by atoms with Crippen molar-refractivity contribution >= 4 is 17.7 Å². The van der Waals surface area contributed by atoms with Gasteiger partial charge in [-0.1, -0.05) is 26.7 Å². The second-order valence-electron chi connectivity index (χ2n) is 4.39. The van der Waals surface area contributed by atoms with E-state index in [1.165, 1.54) is 0 Å². The Morgan fingerprint density at radius 2 is 2.13 bits per heavy atom. The molecule has 2 atom stereocenters. The van der Waals surface area contributed by atoms with Crippen molar-refractivity contribution < 1.29 is 9.90 Å². The van der Waals surface area contributed by atoms with E-state index in [4.69, 9.17) is 0 Å². The van der Waals surface area contributed by atoms with Crippen molar-refractivity contribution in [1.82, 2.24) is 5.32 Å². The number of aliphatic hydroxyl groups is 1. The van der Waals surface area contributed by atoms with E-state index in [-0.39, 0.29) is 18.1 Å². The molecule has 1 rings (SSSR count). The van der Waals surface area contributed by atoms with E-state index in [2.05, 4.69) is 19.2 Å². The number of carbonyl (C=O) groups excluding carboxylic acids is 1. The summed E-state index contributed by atoms with van der Waals surface area (Å²) in [5.41, 5.74) is 0. The fourth-order valence-corrected chi connectivity index (χ4v) is 2.34. The van der Waals surface area contributed by atoms with Crippen molar-refractivity contribution in [3.63, 3.8) is 0 Å². The number of amides is 1. The highest BCUT2D eigenvalue weighted by Crippen LogP contribution is 2.18. The Bertz CT molecular complexity index is 209. The minimum Gasteiger partial charge on any atom is -0.391 e. The van der Waals surface area contributed by atoms with Crippen LogP contribution in [0.5, 0.6) is 0 Å². The number of thioether (sulfide) groups is 1. The first kappa shape index (κ1) is 12.8. The summed E-state index contributed by atoms with van der Waals surface area (Å²) in [6.45, 7) is 4.15. The first-order chi connectivity index (χ1) is 7.09. The lowest BCUT2D eigenvalue weighted by Crippen LogP contribution is -2.45. The predicted molar refractivity (Wildman–Crippen MR) is 64.0 cm³/mol. The molecule has 0 bridgehead atoms. The molecular weight excluding hydrogens is 210 g/mol. The predicted octanol–water partition coefficient (Wildman–Crippen LogP) is 1.55. The molecule has 15 heavy (non-hydrogen) atoms. The zero-order valence-electron chi connectivity index (χ0n) is 9.53. The number of hydrogen-bond donors (Lipinski definition) is 2. The van der Waals surface area contributed by atoms with Crippen LogP contribution in [0.3, 0.4) is 0 Å². The van der Waals surface area contributed by atoms with Crippen molar-refractivity contribution in [2.75, 3.05) is 5.75 Å². The lowest BCUT2D eigenvalue weighted by molar-refractivity contribution is -0.120. The smallest absolute Gasteiger partial charge is 0.230 e. The quantitative estimate of drug-likeness (QED) is 0.772. The molecule has 0 unspecified atom stereocenters. The summed E-state index contributed by atoms with van der Waals surface area (Å²) in [6.07, 6.45) is 3.58. The van der Waals surface area contributed by atoms with Gasteiger partial charge < -0.3 is 10.4 Å². The standard InChI is InChI=1S/C11H21NO2S/c1-8(2)15-7-11(14)12-9-5-3-4-6-10(9)13/h8-10,13H,3-7H2,1-2H3,(H,12,14)/t9-,10-/m1/s1. The molecule has 0 radical (unpaired) electrons. The van der Waals surface area contributed by atoms with Gasteiger partial charge in [0.05, 0.1) is 17.9 Å². The van der Waals surface area contributed by atoms with Crippen LogP contribution >= 0.6 is 11.8 Å². The van der Waals surface area contributed by atoms with Gasteiger partial charge in [-0.15, -0.1) is 11.8 Å². The molecule has 0 aromatic heterocycles. The first-order valence-electron chi connectivity index (χ1n) is 5.68. The van der Waals surface area contributed by atoms with Crippen molar-refractivity contribution in [2.24, 2.45) is 0 Å². The highest BCUT2D eigenvalue weighted by atomic mass is 32.2. The maximum absolute atomic E-state index is 11.5. The van der Waals surface area contributed by atoms with E-state index in [1.807, 2.05) is 0 Å². The summed E-state index contributed by atoms with van der Waals surface area (Å²) in [7, 11) is 0. The molecular formula is C11H21NO2S. The number of hydrogen-bond acceptors (Lipinski definition) is 3. The van der Waals surface area contributed by atoms with Gasteiger partial charge in [-0.05, 0) is 18.1 Å². The molecule has 1 saturated carbocycles. The van der Waals surface area contributed by atoms with Crippen LogP contribution in [0.4, 0.5) is 0 Å². The summed E-state index contributed by atoms with van der Waals surface area (Å²) < 4.78 is 0. The van der Waals surface area contributed by atoms with Crippen LogP contribution in [0, 0.1) is 0 Å². The van der Waals surface area contributed by atoms with Crippen LogP contribution in [-0.2, 0) is 4.79 Å². The zero-order valence-corrected chi connectivity index (χ0v) is 10.3. The van der Waals surface area contributed by atoms with Crippen LogP contribution < -0.4 is 5.32 Å². The lowest BCUT2D eigenvalue weighted by atomic mass is 9.93. The van der Waals surface area contributed by atoms with Crippen molar-refractivity contribution in [3.8, 4) is 0 Å². The minimum absolute atomic E-state index is 0.0148. The van der Waals surface area contributed by atoms with Gasteiger partial charge in [-0.25, -0.2) is 0 Å². The molecule has 0 saturated heterocycles. The molecule has 4 heteroatoms. The summed E-state index contributed by atoms with van der Waals surface area (Å²) in [6, 6.07) is -0.0148. The maximum atomic E-state index is 11.5. The molecule has 0 spiro atoms. The SMILES string of the molecule is CC(C)SCC(=O)N[C@@H]1CCCC[C@H]1O. The van der Waals surface area contributed by atoms with E-state index in [9.17, 15) is 9.90 Å². The third-order valence-corrected chi connectivity index (χ3v) is 3.72. The van der Waals surface area contributed by atoms with Gasteiger partial charge in [0.15, 0.2) is 0 Å². The molecule has 88 valence electrons. The Balaban J connectivity index is 2.24. The van der Waals surface area contributed by atoms with Gasteiger partial charge >= 0.3 is 0 Å². The molecule has 1 amide bonds. The average Bonchev–Trinajstić information content (AvgIpc) is 2.18. The van der Waals surface area contributed by atoms with Crippen LogP contribution in [0.15, 0.2) is 0 Å². The number of carbonyl (C=O) groups is 1. The highest BCUT2D eigenvalue weighted by Gasteiger charge is 2.24. The minimum atomic E-state index is -0.341. The third-order valence-electron chi connectivity index (χ3n) is 2.62. The summed E-state index contributed by atoms with van der Waals surface area (Å²) in [4.78, 5) is 11.5. The second-order valence-corrected chi connectivity index (χ2v) is 5.95. The van der Waals surface area contributed by atoms with Crippen LogP contribution in [0.2, 0.25) is 0 Å². The van der Waals surface area contributed by atoms with Gasteiger partial charge in [0, 0.05) is 0 Å². The Kier molecular flexibility index (Phi) is 5.47. The lowest BCUT2D eigenvalue weighted by Gasteiger charge is -2.28. The summed E-state index contributed by atoms with van der Waals surface area (Å²) >= 11 is 1.64. The topological polar surface area (TPSA) is 49.3 Å². The van der Waals surface area contributed by atoms with Crippen molar-refractivity contribution in [3.05, 3.63) is 0 Å². The van der Waals surface area contributed by atoms with E-state index in [0.29, 0.717) is 11.0 Å². The molecule has 1 aliphatic carbocycles. The van der Waals surface area contributed by atoms with Crippen LogP contribution in [0.25, 0.3) is 0 Å². The Labute approximate surface area is 96.0 Å². The van der Waals surface area contributed by atoms with Gasteiger partial charge in [0.1, 0.15) is 0 Å². The molecule has 2 N–H and O–H groups in total. The van der Waals surface area contributed by atoms with Crippen LogP contribution in [0.1, 0.15) is 39.5 Å².